The van der Waals surface area contributed by atoms with Crippen molar-refractivity contribution in [2.45, 2.75) is 0 Å². The molecule has 0 spiro atoms. The zero-order valence-electron chi connectivity index (χ0n) is 6.86. The number of hydrogen-bond acceptors (Lipinski definition) is 2. The van der Waals surface area contributed by atoms with Crippen LogP contribution < -0.4 is 0 Å². The lowest BCUT2D eigenvalue weighted by atomic mass is 10.2. The highest BCUT2D eigenvalue weighted by Gasteiger charge is 2.15. The quantitative estimate of drug-likeness (QED) is 0.404. The first-order valence-electron chi connectivity index (χ1n) is 3.67. The predicted octanol–water partition coefficient (Wildman–Crippen LogP) is 4.49. The minimum absolute atomic E-state index is 0.0120. The van der Waals surface area contributed by atoms with Crippen LogP contribution in [0.25, 0.3) is 10.9 Å². The molecular weight excluding hydrogens is 329 g/mol. The fourth-order valence-corrected chi connectivity index (χ4v) is 2.65. The highest BCUT2D eigenvalue weighted by atomic mass is 79.9. The molecule has 1 aromatic heterocycles. The van der Waals surface area contributed by atoms with Crippen molar-refractivity contribution in [2.24, 2.45) is 0 Å². The molecule has 0 N–H and O–H groups in total. The van der Waals surface area contributed by atoms with Crippen LogP contribution in [-0.2, 0) is 0 Å². The van der Waals surface area contributed by atoms with Crippen molar-refractivity contribution in [3.63, 3.8) is 0 Å². The van der Waals surface area contributed by atoms with Gasteiger partial charge in [0.05, 0.1) is 20.4 Å². The normalized spacial score (nSPS) is 11.0. The van der Waals surface area contributed by atoms with Crippen LogP contribution in [0.3, 0.4) is 0 Å². The highest BCUT2D eigenvalue weighted by Crippen LogP contribution is 2.35. The van der Waals surface area contributed by atoms with E-state index in [0.717, 1.165) is 0 Å². The van der Waals surface area contributed by atoms with E-state index in [0.29, 0.717) is 10.9 Å². The van der Waals surface area contributed by atoms with Crippen molar-refractivity contribution < 1.29 is 4.39 Å². The molecule has 2 rings (SSSR count). The Bertz CT molecular complexity index is 561. The number of aromatic nitrogens is 2. The van der Waals surface area contributed by atoms with Gasteiger partial charge < -0.3 is 0 Å². The van der Waals surface area contributed by atoms with E-state index in [1.807, 2.05) is 0 Å². The zero-order chi connectivity index (χ0) is 11.2. The SMILES string of the molecule is Fc1c(Cl)cc2nc(Cl)nc(Cl)c2c1Br. The van der Waals surface area contributed by atoms with Gasteiger partial charge in [-0.2, -0.15) is 0 Å². The van der Waals surface area contributed by atoms with Crippen LogP contribution >= 0.6 is 50.7 Å². The first-order valence-corrected chi connectivity index (χ1v) is 5.59. The fraction of sp³-hybridized carbons (Fsp3) is 0. The van der Waals surface area contributed by atoms with E-state index in [2.05, 4.69) is 25.9 Å². The molecule has 0 atom stereocenters. The Morgan fingerprint density at radius 3 is 2.53 bits per heavy atom. The topological polar surface area (TPSA) is 25.8 Å². The summed E-state index contributed by atoms with van der Waals surface area (Å²) in [5.74, 6) is -0.600. The molecule has 2 aromatic rings. The van der Waals surface area contributed by atoms with E-state index in [1.165, 1.54) is 6.07 Å². The van der Waals surface area contributed by atoms with Gasteiger partial charge in [0.2, 0.25) is 5.28 Å². The maximum atomic E-state index is 13.4. The average molecular weight is 330 g/mol. The summed E-state index contributed by atoms with van der Waals surface area (Å²) >= 11 is 20.1. The summed E-state index contributed by atoms with van der Waals surface area (Å²) < 4.78 is 13.5. The Kier molecular flexibility index (Phi) is 3.03. The molecule has 2 nitrogen and oxygen atoms in total. The van der Waals surface area contributed by atoms with Crippen molar-refractivity contribution in [3.8, 4) is 0 Å². The molecule has 0 radical (unpaired) electrons. The van der Waals surface area contributed by atoms with Gasteiger partial charge in [-0.3, -0.25) is 0 Å². The second kappa shape index (κ2) is 4.01. The van der Waals surface area contributed by atoms with Crippen LogP contribution in [0.4, 0.5) is 4.39 Å². The summed E-state index contributed by atoms with van der Waals surface area (Å²) in [7, 11) is 0. The van der Waals surface area contributed by atoms with Crippen LogP contribution in [0.1, 0.15) is 0 Å². The Labute approximate surface area is 107 Å². The summed E-state index contributed by atoms with van der Waals surface area (Å²) in [6.07, 6.45) is 0. The summed E-state index contributed by atoms with van der Waals surface area (Å²) in [6, 6.07) is 1.34. The van der Waals surface area contributed by atoms with Gasteiger partial charge in [0.25, 0.3) is 0 Å². The summed E-state index contributed by atoms with van der Waals surface area (Å²) in [4.78, 5) is 7.60. The van der Waals surface area contributed by atoms with E-state index in [1.54, 1.807) is 0 Å². The second-order valence-corrected chi connectivity index (χ2v) is 4.56. The van der Waals surface area contributed by atoms with Crippen molar-refractivity contribution >= 4 is 61.6 Å². The third-order valence-corrected chi connectivity index (χ3v) is 3.21. The maximum absolute atomic E-state index is 13.4. The van der Waals surface area contributed by atoms with Crippen LogP contribution in [0.5, 0.6) is 0 Å². The Morgan fingerprint density at radius 2 is 1.87 bits per heavy atom. The first kappa shape index (κ1) is 11.3. The average Bonchev–Trinajstić information content (AvgIpc) is 2.13. The first-order chi connectivity index (χ1) is 7.00. The zero-order valence-corrected chi connectivity index (χ0v) is 10.7. The lowest BCUT2D eigenvalue weighted by Crippen LogP contribution is -1.91. The van der Waals surface area contributed by atoms with E-state index in [9.17, 15) is 4.39 Å². The van der Waals surface area contributed by atoms with Gasteiger partial charge in [-0.1, -0.05) is 23.2 Å². The molecule has 0 amide bonds. The van der Waals surface area contributed by atoms with Crippen molar-refractivity contribution in [1.82, 2.24) is 9.97 Å². The molecule has 78 valence electrons. The van der Waals surface area contributed by atoms with Gasteiger partial charge in [-0.05, 0) is 33.6 Å². The Morgan fingerprint density at radius 1 is 1.20 bits per heavy atom. The molecule has 0 aliphatic carbocycles. The van der Waals surface area contributed by atoms with E-state index < -0.39 is 5.82 Å². The summed E-state index contributed by atoms with van der Waals surface area (Å²) in [5.41, 5.74) is 0.387. The molecule has 15 heavy (non-hydrogen) atoms. The molecule has 0 fully saturated rings. The standard InChI is InChI=1S/C8HBrCl3FN2/c9-5-4-3(1-2(10)6(5)13)14-8(12)15-7(4)11/h1H. The number of hydrogen-bond donors (Lipinski definition) is 0. The Hall–Kier alpha value is -0.160. The molecular formula is C8HBrCl3FN2. The maximum Gasteiger partial charge on any atom is 0.224 e. The number of benzene rings is 1. The molecule has 7 heteroatoms. The van der Waals surface area contributed by atoms with Crippen molar-refractivity contribution in [2.75, 3.05) is 0 Å². The molecule has 0 aliphatic heterocycles. The number of halogens is 5. The molecule has 1 heterocycles. The van der Waals surface area contributed by atoms with E-state index in [4.69, 9.17) is 34.8 Å². The largest absolute Gasteiger partial charge is 0.224 e. The van der Waals surface area contributed by atoms with Gasteiger partial charge in [0.15, 0.2) is 5.82 Å². The molecule has 0 saturated heterocycles. The third-order valence-electron chi connectivity index (χ3n) is 1.75. The van der Waals surface area contributed by atoms with Gasteiger partial charge in [0, 0.05) is 0 Å². The predicted molar refractivity (Wildman–Crippen MR) is 62.2 cm³/mol. The van der Waals surface area contributed by atoms with Gasteiger partial charge >= 0.3 is 0 Å². The smallest absolute Gasteiger partial charge is 0.218 e. The molecule has 0 unspecified atom stereocenters. The molecule has 0 saturated carbocycles. The van der Waals surface area contributed by atoms with Gasteiger partial charge in [0.1, 0.15) is 5.15 Å². The van der Waals surface area contributed by atoms with Crippen molar-refractivity contribution in [1.29, 1.82) is 0 Å². The van der Waals surface area contributed by atoms with Gasteiger partial charge in [-0.15, -0.1) is 0 Å². The van der Waals surface area contributed by atoms with Gasteiger partial charge in [-0.25, -0.2) is 14.4 Å². The van der Waals surface area contributed by atoms with E-state index >= 15 is 0 Å². The minimum Gasteiger partial charge on any atom is -0.218 e. The monoisotopic (exact) mass is 328 g/mol. The third kappa shape index (κ3) is 1.91. The summed E-state index contributed by atoms with van der Waals surface area (Å²) in [5, 5.41) is 0.359. The van der Waals surface area contributed by atoms with Crippen LogP contribution in [0.2, 0.25) is 15.5 Å². The van der Waals surface area contributed by atoms with Crippen LogP contribution in [-0.4, -0.2) is 9.97 Å². The fourth-order valence-electron chi connectivity index (χ4n) is 1.13. The molecule has 0 bridgehead atoms. The Balaban J connectivity index is 2.99. The van der Waals surface area contributed by atoms with Crippen molar-refractivity contribution in [3.05, 3.63) is 31.8 Å². The van der Waals surface area contributed by atoms with Crippen LogP contribution in [0.15, 0.2) is 10.5 Å². The highest BCUT2D eigenvalue weighted by molar-refractivity contribution is 9.10. The van der Waals surface area contributed by atoms with Crippen LogP contribution in [0, 0.1) is 5.82 Å². The lowest BCUT2D eigenvalue weighted by molar-refractivity contribution is 0.623. The molecule has 1 aromatic carbocycles. The molecule has 0 aliphatic rings. The summed E-state index contributed by atoms with van der Waals surface area (Å²) in [6.45, 7) is 0. The minimum atomic E-state index is -0.600. The number of fused-ring (bicyclic) bond motifs is 1. The lowest BCUT2D eigenvalue weighted by Gasteiger charge is -2.05. The number of nitrogens with zero attached hydrogens (tertiary/aromatic N) is 2. The number of rotatable bonds is 0. The van der Waals surface area contributed by atoms with E-state index in [-0.39, 0.29) is 19.9 Å². The second-order valence-electron chi connectivity index (χ2n) is 2.66.